The molecule has 2 aromatic carbocycles. The number of anilines is 1. The van der Waals surface area contributed by atoms with E-state index in [1.54, 1.807) is 24.5 Å². The molecule has 0 aliphatic heterocycles. The van der Waals surface area contributed by atoms with Crippen LogP contribution in [0.15, 0.2) is 53.8 Å². The van der Waals surface area contributed by atoms with Crippen LogP contribution in [0.25, 0.3) is 0 Å². The molecule has 0 amide bonds. The summed E-state index contributed by atoms with van der Waals surface area (Å²) in [6.07, 6.45) is 3.47. The fourth-order valence-corrected chi connectivity index (χ4v) is 2.64. The van der Waals surface area contributed by atoms with Gasteiger partial charge in [0, 0.05) is 15.6 Å². The van der Waals surface area contributed by atoms with Crippen molar-refractivity contribution in [3.63, 3.8) is 0 Å². The molecule has 2 N–H and O–H groups in total. The molecule has 0 unspecified atom stereocenters. The maximum atomic E-state index is 6.14. The van der Waals surface area contributed by atoms with Gasteiger partial charge in [0.15, 0.2) is 0 Å². The minimum Gasteiger partial charge on any atom is -0.489 e. The maximum absolute atomic E-state index is 6.14. The molecule has 0 spiro atoms. The van der Waals surface area contributed by atoms with Crippen molar-refractivity contribution in [1.29, 1.82) is 0 Å². The summed E-state index contributed by atoms with van der Waals surface area (Å²) in [4.78, 5) is 4.09. The molecular formula is C18H16Cl2N4O. The molecule has 1 aromatic heterocycles. The van der Waals surface area contributed by atoms with E-state index in [0.717, 1.165) is 22.6 Å². The topological polar surface area (TPSA) is 65.4 Å². The van der Waals surface area contributed by atoms with E-state index in [1.807, 2.05) is 37.3 Å². The highest BCUT2D eigenvalue weighted by Gasteiger charge is 2.03. The van der Waals surface area contributed by atoms with Crippen molar-refractivity contribution >= 4 is 35.4 Å². The number of nitrogens with zero attached hydrogens (tertiary/aromatic N) is 3. The SMILES string of the molecule is Cc1cn(N=Cc2ccc(OCc3ccc(Cl)cc3Cl)cc2)c(N)n1. The lowest BCUT2D eigenvalue weighted by atomic mass is 10.2. The number of nitrogens with two attached hydrogens (primary N) is 1. The summed E-state index contributed by atoms with van der Waals surface area (Å²) in [5, 5.41) is 5.46. The van der Waals surface area contributed by atoms with Crippen molar-refractivity contribution in [2.45, 2.75) is 13.5 Å². The van der Waals surface area contributed by atoms with E-state index in [-0.39, 0.29) is 0 Å². The van der Waals surface area contributed by atoms with E-state index in [1.165, 1.54) is 4.68 Å². The molecule has 128 valence electrons. The average Bonchev–Trinajstić information content (AvgIpc) is 2.91. The van der Waals surface area contributed by atoms with Gasteiger partial charge in [0.25, 0.3) is 0 Å². The first-order valence-electron chi connectivity index (χ1n) is 7.54. The summed E-state index contributed by atoms with van der Waals surface area (Å²) in [5.41, 5.74) is 8.36. The van der Waals surface area contributed by atoms with Gasteiger partial charge in [-0.15, -0.1) is 0 Å². The number of benzene rings is 2. The summed E-state index contributed by atoms with van der Waals surface area (Å²) in [6, 6.07) is 12.9. The van der Waals surface area contributed by atoms with E-state index in [0.29, 0.717) is 22.6 Å². The second-order valence-corrected chi connectivity index (χ2v) is 6.27. The first kappa shape index (κ1) is 17.3. The van der Waals surface area contributed by atoms with Gasteiger partial charge in [-0.1, -0.05) is 29.3 Å². The summed E-state index contributed by atoms with van der Waals surface area (Å²) in [7, 11) is 0. The molecule has 0 bridgehead atoms. The zero-order valence-corrected chi connectivity index (χ0v) is 15.0. The Bertz CT molecular complexity index is 904. The van der Waals surface area contributed by atoms with Crippen molar-refractivity contribution in [3.8, 4) is 5.75 Å². The van der Waals surface area contributed by atoms with Crippen molar-refractivity contribution in [1.82, 2.24) is 9.66 Å². The minimum absolute atomic E-state index is 0.355. The summed E-state index contributed by atoms with van der Waals surface area (Å²) in [5.74, 6) is 1.09. The van der Waals surface area contributed by atoms with Crippen LogP contribution in [0.2, 0.25) is 10.0 Å². The monoisotopic (exact) mass is 374 g/mol. The standard InChI is InChI=1S/C18H16Cl2N4O/c1-12-10-24(18(21)23-12)22-9-13-2-6-16(7-3-13)25-11-14-4-5-15(19)8-17(14)20/h2-10H,11H2,1H3,(H2,21,23). The van der Waals surface area contributed by atoms with Crippen LogP contribution in [0.3, 0.4) is 0 Å². The van der Waals surface area contributed by atoms with Crippen LogP contribution >= 0.6 is 23.2 Å². The van der Waals surface area contributed by atoms with Gasteiger partial charge < -0.3 is 10.5 Å². The molecule has 5 nitrogen and oxygen atoms in total. The molecule has 3 aromatic rings. The lowest BCUT2D eigenvalue weighted by molar-refractivity contribution is 0.306. The summed E-state index contributed by atoms with van der Waals surface area (Å²) >= 11 is 12.0. The van der Waals surface area contributed by atoms with Gasteiger partial charge in [-0.2, -0.15) is 5.10 Å². The van der Waals surface area contributed by atoms with Crippen molar-refractivity contribution in [2.24, 2.45) is 5.10 Å². The fourth-order valence-electron chi connectivity index (χ4n) is 2.18. The minimum atomic E-state index is 0.355. The Balaban J connectivity index is 1.63. The molecule has 0 atom stereocenters. The van der Waals surface area contributed by atoms with Gasteiger partial charge >= 0.3 is 0 Å². The molecule has 0 saturated heterocycles. The zero-order chi connectivity index (χ0) is 17.8. The number of aromatic nitrogens is 2. The van der Waals surface area contributed by atoms with Gasteiger partial charge in [-0.05, 0) is 48.9 Å². The van der Waals surface area contributed by atoms with Crippen molar-refractivity contribution < 1.29 is 4.74 Å². The number of ether oxygens (including phenoxy) is 1. The molecule has 0 radical (unpaired) electrons. The highest BCUT2D eigenvalue weighted by atomic mass is 35.5. The number of hydrogen-bond acceptors (Lipinski definition) is 4. The van der Waals surface area contributed by atoms with Gasteiger partial charge in [-0.25, -0.2) is 9.66 Å². The smallest absolute Gasteiger partial charge is 0.221 e. The van der Waals surface area contributed by atoms with Crippen LogP contribution in [0, 0.1) is 6.92 Å². The van der Waals surface area contributed by atoms with Crippen LogP contribution in [0.5, 0.6) is 5.75 Å². The molecule has 25 heavy (non-hydrogen) atoms. The first-order valence-corrected chi connectivity index (χ1v) is 8.29. The van der Waals surface area contributed by atoms with Gasteiger partial charge in [0.05, 0.1) is 18.1 Å². The van der Waals surface area contributed by atoms with E-state index in [4.69, 9.17) is 33.7 Å². The number of hydrogen-bond donors (Lipinski definition) is 1. The summed E-state index contributed by atoms with van der Waals surface area (Å²) in [6.45, 7) is 2.23. The number of imidazole rings is 1. The van der Waals surface area contributed by atoms with Crippen LogP contribution in [-0.2, 0) is 6.61 Å². The van der Waals surface area contributed by atoms with Crippen molar-refractivity contribution in [2.75, 3.05) is 5.73 Å². The van der Waals surface area contributed by atoms with Gasteiger partial charge in [0.1, 0.15) is 12.4 Å². The van der Waals surface area contributed by atoms with E-state index in [9.17, 15) is 0 Å². The zero-order valence-electron chi connectivity index (χ0n) is 13.5. The predicted octanol–water partition coefficient (Wildman–Crippen LogP) is 4.54. The average molecular weight is 375 g/mol. The number of aryl methyl sites for hydroxylation is 1. The Morgan fingerprint density at radius 1 is 1.20 bits per heavy atom. The highest BCUT2D eigenvalue weighted by Crippen LogP contribution is 2.22. The molecule has 7 heteroatoms. The molecule has 1 heterocycles. The highest BCUT2D eigenvalue weighted by molar-refractivity contribution is 6.35. The predicted molar refractivity (Wildman–Crippen MR) is 102 cm³/mol. The largest absolute Gasteiger partial charge is 0.489 e. The van der Waals surface area contributed by atoms with Crippen LogP contribution in [0.1, 0.15) is 16.8 Å². The number of rotatable bonds is 5. The van der Waals surface area contributed by atoms with Crippen LogP contribution < -0.4 is 10.5 Å². The fraction of sp³-hybridized carbons (Fsp3) is 0.111. The first-order chi connectivity index (χ1) is 12.0. The molecular weight excluding hydrogens is 359 g/mol. The van der Waals surface area contributed by atoms with Crippen molar-refractivity contribution in [3.05, 3.63) is 75.5 Å². The third kappa shape index (κ3) is 4.53. The van der Waals surface area contributed by atoms with Gasteiger partial charge in [0.2, 0.25) is 5.95 Å². The Hall–Kier alpha value is -2.50. The Morgan fingerprint density at radius 3 is 2.60 bits per heavy atom. The van der Waals surface area contributed by atoms with Crippen LogP contribution in [0.4, 0.5) is 5.95 Å². The Kier molecular flexibility index (Phi) is 5.26. The Morgan fingerprint density at radius 2 is 1.96 bits per heavy atom. The Labute approximate surface area is 155 Å². The molecule has 3 rings (SSSR count). The molecule has 0 aliphatic rings. The molecule has 0 saturated carbocycles. The quantitative estimate of drug-likeness (QED) is 0.666. The third-order valence-corrected chi connectivity index (χ3v) is 4.04. The second kappa shape index (κ2) is 7.59. The van der Waals surface area contributed by atoms with E-state index in [2.05, 4.69) is 10.1 Å². The molecule has 0 aliphatic carbocycles. The third-order valence-electron chi connectivity index (χ3n) is 3.46. The van der Waals surface area contributed by atoms with Gasteiger partial charge in [-0.3, -0.25) is 0 Å². The number of nitrogen functional groups attached to an aromatic ring is 1. The maximum Gasteiger partial charge on any atom is 0.221 e. The van der Waals surface area contributed by atoms with E-state index < -0.39 is 0 Å². The summed E-state index contributed by atoms with van der Waals surface area (Å²) < 4.78 is 7.28. The number of halogens is 2. The second-order valence-electron chi connectivity index (χ2n) is 5.42. The lowest BCUT2D eigenvalue weighted by Gasteiger charge is -2.08. The normalized spacial score (nSPS) is 11.2. The van der Waals surface area contributed by atoms with Crippen LogP contribution in [-0.4, -0.2) is 15.9 Å². The lowest BCUT2D eigenvalue weighted by Crippen LogP contribution is -1.98. The molecule has 0 fully saturated rings. The van der Waals surface area contributed by atoms with E-state index >= 15 is 0 Å².